The summed E-state index contributed by atoms with van der Waals surface area (Å²) >= 11 is 0. The Kier molecular flexibility index (Phi) is 7.07. The van der Waals surface area contributed by atoms with Crippen molar-refractivity contribution in [1.82, 2.24) is 5.32 Å². The first-order valence-corrected chi connectivity index (χ1v) is 8.68. The van der Waals surface area contributed by atoms with Crippen molar-refractivity contribution in [2.24, 2.45) is 0 Å². The predicted octanol–water partition coefficient (Wildman–Crippen LogP) is 6.28. The van der Waals surface area contributed by atoms with E-state index >= 15 is 0 Å². The molecule has 26 heavy (non-hydrogen) atoms. The van der Waals surface area contributed by atoms with Gasteiger partial charge in [0.25, 0.3) is 0 Å². The molecule has 0 radical (unpaired) electrons. The Bertz CT molecular complexity index is 728. The van der Waals surface area contributed by atoms with Crippen LogP contribution in [0.25, 0.3) is 5.70 Å². The first kappa shape index (κ1) is 19.8. The summed E-state index contributed by atoms with van der Waals surface area (Å²) in [5, 5.41) is 3.28. The summed E-state index contributed by atoms with van der Waals surface area (Å²) in [5.41, 5.74) is 4.16. The van der Waals surface area contributed by atoms with Crippen molar-refractivity contribution >= 4 is 5.70 Å². The molecule has 0 aromatic heterocycles. The van der Waals surface area contributed by atoms with Crippen LogP contribution in [0.2, 0.25) is 0 Å². The zero-order valence-electron chi connectivity index (χ0n) is 14.9. The van der Waals surface area contributed by atoms with Crippen molar-refractivity contribution in [3.8, 4) is 0 Å². The van der Waals surface area contributed by atoms with Gasteiger partial charge in [0.2, 0.25) is 0 Å². The minimum atomic E-state index is -4.18. The van der Waals surface area contributed by atoms with Gasteiger partial charge in [0.15, 0.2) is 0 Å². The van der Waals surface area contributed by atoms with E-state index in [1.165, 1.54) is 17.7 Å². The summed E-state index contributed by atoms with van der Waals surface area (Å²) in [6.07, 6.45) is -0.385. The molecule has 0 bridgehead atoms. The summed E-state index contributed by atoms with van der Waals surface area (Å²) in [4.78, 5) is 0. The Morgan fingerprint density at radius 3 is 2.23 bits per heavy atom. The van der Waals surface area contributed by atoms with Gasteiger partial charge in [-0.25, -0.2) is 0 Å². The van der Waals surface area contributed by atoms with Crippen LogP contribution < -0.4 is 5.32 Å². The third-order valence-corrected chi connectivity index (χ3v) is 4.06. The second kappa shape index (κ2) is 9.27. The van der Waals surface area contributed by atoms with E-state index in [0.717, 1.165) is 36.2 Å². The first-order valence-electron chi connectivity index (χ1n) is 8.68. The van der Waals surface area contributed by atoms with Gasteiger partial charge >= 0.3 is 6.18 Å². The maximum Gasteiger partial charge on any atom is 0.393 e. The number of allylic oxidation sites excluding steroid dienone is 2. The van der Waals surface area contributed by atoms with Gasteiger partial charge in [-0.05, 0) is 42.9 Å². The minimum absolute atomic E-state index is 0.262. The normalized spacial score (nSPS) is 12.1. The summed E-state index contributed by atoms with van der Waals surface area (Å²) in [7, 11) is 0. The van der Waals surface area contributed by atoms with Crippen molar-refractivity contribution in [1.29, 1.82) is 0 Å². The highest BCUT2D eigenvalue weighted by Crippen LogP contribution is 2.23. The summed E-state index contributed by atoms with van der Waals surface area (Å²) in [6.45, 7) is 5.96. The molecular formula is C22H24F3N. The van der Waals surface area contributed by atoms with Crippen LogP contribution in [0.1, 0.15) is 36.5 Å². The highest BCUT2D eigenvalue weighted by molar-refractivity contribution is 5.65. The van der Waals surface area contributed by atoms with Crippen molar-refractivity contribution in [2.75, 3.05) is 0 Å². The Labute approximate surface area is 153 Å². The smallest absolute Gasteiger partial charge is 0.359 e. The highest BCUT2D eigenvalue weighted by Gasteiger charge is 2.27. The van der Waals surface area contributed by atoms with Gasteiger partial charge in [0, 0.05) is 11.4 Å². The molecule has 0 aliphatic heterocycles. The molecule has 0 saturated carbocycles. The third kappa shape index (κ3) is 6.79. The van der Waals surface area contributed by atoms with E-state index in [1.807, 2.05) is 31.2 Å². The lowest BCUT2D eigenvalue weighted by atomic mass is 10.1. The number of alkyl halides is 3. The molecule has 0 unspecified atom stereocenters. The summed E-state index contributed by atoms with van der Waals surface area (Å²) < 4.78 is 37.3. The predicted molar refractivity (Wildman–Crippen MR) is 102 cm³/mol. The second-order valence-corrected chi connectivity index (χ2v) is 6.26. The zero-order chi connectivity index (χ0) is 19.0. The number of benzene rings is 2. The van der Waals surface area contributed by atoms with Gasteiger partial charge in [-0.15, -0.1) is 0 Å². The molecule has 2 rings (SSSR count). The molecule has 1 nitrogen and oxygen atoms in total. The van der Waals surface area contributed by atoms with Crippen LogP contribution >= 0.6 is 0 Å². The van der Waals surface area contributed by atoms with E-state index in [0.29, 0.717) is 0 Å². The van der Waals surface area contributed by atoms with Crippen LogP contribution in [0.4, 0.5) is 13.2 Å². The fourth-order valence-corrected chi connectivity index (χ4v) is 2.75. The van der Waals surface area contributed by atoms with Crippen LogP contribution in [0, 0.1) is 0 Å². The van der Waals surface area contributed by atoms with Crippen molar-refractivity contribution in [3.05, 3.63) is 89.6 Å². The first-order chi connectivity index (χ1) is 12.4. The molecule has 0 fully saturated rings. The quantitative estimate of drug-likeness (QED) is 0.585. The third-order valence-electron chi connectivity index (χ3n) is 4.06. The monoisotopic (exact) mass is 359 g/mol. The average molecular weight is 359 g/mol. The van der Waals surface area contributed by atoms with Crippen LogP contribution in [0.15, 0.2) is 72.9 Å². The van der Waals surface area contributed by atoms with E-state index in [2.05, 4.69) is 24.0 Å². The van der Waals surface area contributed by atoms with E-state index in [1.54, 1.807) is 12.1 Å². The molecule has 2 aromatic carbocycles. The molecule has 4 heteroatoms. The SMILES string of the molecule is C=C(CCCc1ccccc1)N/C(=C\C)c1ccc(CC(F)(F)F)cc1. The Morgan fingerprint density at radius 2 is 1.65 bits per heavy atom. The van der Waals surface area contributed by atoms with Gasteiger partial charge in [-0.1, -0.05) is 67.3 Å². The number of nitrogens with one attached hydrogen (secondary N) is 1. The molecule has 0 atom stereocenters. The number of hydrogen-bond acceptors (Lipinski definition) is 1. The van der Waals surface area contributed by atoms with Gasteiger partial charge in [0.1, 0.15) is 0 Å². The molecule has 0 saturated heterocycles. The molecule has 0 spiro atoms. The maximum atomic E-state index is 12.4. The Balaban J connectivity index is 1.87. The van der Waals surface area contributed by atoms with Crippen LogP contribution in [-0.2, 0) is 12.8 Å². The number of rotatable bonds is 8. The summed E-state index contributed by atoms with van der Waals surface area (Å²) in [6, 6.07) is 16.7. The largest absolute Gasteiger partial charge is 0.393 e. The number of hydrogen-bond donors (Lipinski definition) is 1. The van der Waals surface area contributed by atoms with Crippen LogP contribution in [0.3, 0.4) is 0 Å². The molecule has 1 N–H and O–H groups in total. The average Bonchev–Trinajstić information content (AvgIpc) is 2.60. The summed E-state index contributed by atoms with van der Waals surface area (Å²) in [5.74, 6) is 0. The topological polar surface area (TPSA) is 12.0 Å². The van der Waals surface area contributed by atoms with Crippen molar-refractivity contribution < 1.29 is 13.2 Å². The standard InChI is InChI=1S/C22H24F3N/c1-3-21(20-14-12-19(13-15-20)16-22(23,24)25)26-17(2)8-7-11-18-9-5-4-6-10-18/h3-6,9-10,12-15,26H,2,7-8,11,16H2,1H3/b21-3-. The van der Waals surface area contributed by atoms with Crippen molar-refractivity contribution in [3.63, 3.8) is 0 Å². The fraction of sp³-hybridized carbons (Fsp3) is 0.273. The lowest BCUT2D eigenvalue weighted by Gasteiger charge is -2.14. The second-order valence-electron chi connectivity index (χ2n) is 6.26. The van der Waals surface area contributed by atoms with Gasteiger partial charge < -0.3 is 5.32 Å². The maximum absolute atomic E-state index is 12.4. The van der Waals surface area contributed by atoms with Gasteiger partial charge in [-0.2, -0.15) is 13.2 Å². The lowest BCUT2D eigenvalue weighted by molar-refractivity contribution is -0.127. The number of aryl methyl sites for hydroxylation is 1. The zero-order valence-corrected chi connectivity index (χ0v) is 14.9. The van der Waals surface area contributed by atoms with Crippen LogP contribution in [0.5, 0.6) is 0 Å². The van der Waals surface area contributed by atoms with E-state index in [9.17, 15) is 13.2 Å². The van der Waals surface area contributed by atoms with Crippen molar-refractivity contribution in [2.45, 2.75) is 38.8 Å². The van der Waals surface area contributed by atoms with Gasteiger partial charge in [0.05, 0.1) is 6.42 Å². The highest BCUT2D eigenvalue weighted by atomic mass is 19.4. The Morgan fingerprint density at radius 1 is 1.00 bits per heavy atom. The van der Waals surface area contributed by atoms with E-state index in [-0.39, 0.29) is 5.56 Å². The number of halogens is 3. The fourth-order valence-electron chi connectivity index (χ4n) is 2.75. The van der Waals surface area contributed by atoms with Crippen LogP contribution in [-0.4, -0.2) is 6.18 Å². The van der Waals surface area contributed by atoms with E-state index in [4.69, 9.17) is 0 Å². The molecule has 0 aliphatic rings. The Hall–Kier alpha value is -2.49. The molecular weight excluding hydrogens is 335 g/mol. The molecule has 138 valence electrons. The minimum Gasteiger partial charge on any atom is -0.359 e. The molecule has 0 aliphatic carbocycles. The molecule has 0 heterocycles. The van der Waals surface area contributed by atoms with E-state index < -0.39 is 12.6 Å². The molecule has 0 amide bonds. The lowest BCUT2D eigenvalue weighted by Crippen LogP contribution is -2.13. The molecule has 2 aromatic rings. The van der Waals surface area contributed by atoms with Gasteiger partial charge in [-0.3, -0.25) is 0 Å².